The lowest BCUT2D eigenvalue weighted by atomic mass is 9.90. The third-order valence-electron chi connectivity index (χ3n) is 11.7. The highest BCUT2D eigenvalue weighted by atomic mass is 16.8. The summed E-state index contributed by atoms with van der Waals surface area (Å²) in [7, 11) is 4.52. The van der Waals surface area contributed by atoms with Crippen molar-refractivity contribution in [1.82, 2.24) is 4.90 Å². The number of fused-ring (bicyclic) bond motifs is 5. The van der Waals surface area contributed by atoms with Gasteiger partial charge in [0.1, 0.15) is 0 Å². The largest absolute Gasteiger partial charge is 0.344 e. The molecule has 2 bridgehead atoms. The van der Waals surface area contributed by atoms with E-state index >= 15 is 0 Å². The molecule has 3 nitrogen and oxygen atoms in total. The molecule has 49 heavy (non-hydrogen) atoms. The zero-order valence-corrected chi connectivity index (χ0v) is 33.1. The van der Waals surface area contributed by atoms with Crippen LogP contribution in [-0.2, 0) is 9.47 Å². The van der Waals surface area contributed by atoms with Crippen LogP contribution < -0.4 is 0 Å². The summed E-state index contributed by atoms with van der Waals surface area (Å²) in [5, 5.41) is 0. The molecule has 1 saturated heterocycles. The third kappa shape index (κ3) is 16.8. The number of rotatable bonds is 31. The molecule has 0 spiro atoms. The number of ether oxygens (including phenoxy) is 2. The summed E-state index contributed by atoms with van der Waals surface area (Å²) in [6.45, 7) is 4.55. The first-order valence-electron chi connectivity index (χ1n) is 21.7. The molecular formula is C46H81NO2. The Morgan fingerprint density at radius 3 is 1.35 bits per heavy atom. The fourth-order valence-electron chi connectivity index (χ4n) is 8.78. The van der Waals surface area contributed by atoms with E-state index in [1.54, 1.807) is 0 Å². The van der Waals surface area contributed by atoms with Crippen LogP contribution in [0.15, 0.2) is 48.6 Å². The predicted molar refractivity (Wildman–Crippen MR) is 214 cm³/mol. The normalized spacial score (nSPS) is 26.7. The summed E-state index contributed by atoms with van der Waals surface area (Å²) in [5.41, 5.74) is 0. The summed E-state index contributed by atoms with van der Waals surface area (Å²) in [6.07, 6.45) is 55.6. The molecule has 282 valence electrons. The first kappa shape index (κ1) is 42.3. The van der Waals surface area contributed by atoms with Crippen LogP contribution in [0.2, 0.25) is 0 Å². The van der Waals surface area contributed by atoms with Crippen LogP contribution in [-0.4, -0.2) is 43.0 Å². The second-order valence-electron chi connectivity index (χ2n) is 16.2. The number of hydrogen-bond acceptors (Lipinski definition) is 3. The molecule has 0 aromatic rings. The predicted octanol–water partition coefficient (Wildman–Crippen LogP) is 13.8. The second kappa shape index (κ2) is 26.6. The molecule has 3 fully saturated rings. The molecule has 2 aliphatic carbocycles. The summed E-state index contributed by atoms with van der Waals surface area (Å²) in [4.78, 5) is 2.45. The van der Waals surface area contributed by atoms with Crippen molar-refractivity contribution in [3.05, 3.63) is 48.6 Å². The molecule has 5 atom stereocenters. The Labute approximate surface area is 305 Å². The first-order chi connectivity index (χ1) is 24.1. The molecule has 2 saturated carbocycles. The average Bonchev–Trinajstić information content (AvgIpc) is 3.79. The minimum Gasteiger partial charge on any atom is -0.344 e. The van der Waals surface area contributed by atoms with Crippen molar-refractivity contribution in [3.8, 4) is 0 Å². The molecule has 3 rings (SSSR count). The van der Waals surface area contributed by atoms with E-state index in [9.17, 15) is 0 Å². The van der Waals surface area contributed by atoms with Crippen LogP contribution in [0.1, 0.15) is 194 Å². The number of hydrogen-bond donors (Lipinski definition) is 0. The SMILES string of the molecule is CCCCCC=CCC=CCCCCCCCCC1(CCCCCCCCC=CCC=CCCCCC)O[C@@H]2C3CC(C[C@@H]3N(C)C)[C@@H]2O1. The van der Waals surface area contributed by atoms with E-state index in [2.05, 4.69) is 81.5 Å². The number of allylic oxidation sites excluding steroid dienone is 8. The summed E-state index contributed by atoms with van der Waals surface area (Å²) in [5.74, 6) is 1.06. The molecule has 0 aromatic heterocycles. The Morgan fingerprint density at radius 2 is 0.898 bits per heavy atom. The molecule has 0 amide bonds. The van der Waals surface area contributed by atoms with Gasteiger partial charge in [-0.3, -0.25) is 0 Å². The zero-order valence-electron chi connectivity index (χ0n) is 33.1. The van der Waals surface area contributed by atoms with Crippen LogP contribution in [0.25, 0.3) is 0 Å². The van der Waals surface area contributed by atoms with Gasteiger partial charge < -0.3 is 14.4 Å². The first-order valence-corrected chi connectivity index (χ1v) is 21.7. The maximum Gasteiger partial charge on any atom is 0.169 e. The van der Waals surface area contributed by atoms with E-state index < -0.39 is 0 Å². The van der Waals surface area contributed by atoms with Crippen LogP contribution in [0.3, 0.4) is 0 Å². The van der Waals surface area contributed by atoms with Gasteiger partial charge in [-0.2, -0.15) is 0 Å². The maximum absolute atomic E-state index is 7.06. The van der Waals surface area contributed by atoms with Gasteiger partial charge in [0.15, 0.2) is 5.79 Å². The van der Waals surface area contributed by atoms with Gasteiger partial charge in [-0.15, -0.1) is 0 Å². The highest BCUT2D eigenvalue weighted by Gasteiger charge is 2.62. The van der Waals surface area contributed by atoms with Gasteiger partial charge in [-0.1, -0.05) is 140 Å². The van der Waals surface area contributed by atoms with Gasteiger partial charge in [-0.05, 0) is 110 Å². The standard InChI is InChI=1S/C46H81NO2/c1-5-7-9-11-13-15-17-19-21-23-25-27-29-31-33-35-37-46(48-44-41-39-42(45(44)49-46)43(40-41)47(3)4)38-36-34-32-30-28-26-24-22-20-18-16-14-12-10-8-6-2/h13-16,19-22,41-45H,5-12,17-18,23-40H2,1-4H3/t41?,42?,43-,44-,45+,46?/m0/s1. The van der Waals surface area contributed by atoms with Crippen molar-refractivity contribution in [2.45, 2.75) is 218 Å². The van der Waals surface area contributed by atoms with Gasteiger partial charge in [0.05, 0.1) is 12.2 Å². The maximum atomic E-state index is 7.06. The van der Waals surface area contributed by atoms with Crippen molar-refractivity contribution in [3.63, 3.8) is 0 Å². The van der Waals surface area contributed by atoms with Crippen LogP contribution in [0.5, 0.6) is 0 Å². The highest BCUT2D eigenvalue weighted by Crippen LogP contribution is 2.55. The van der Waals surface area contributed by atoms with Crippen molar-refractivity contribution in [2.24, 2.45) is 11.8 Å². The third-order valence-corrected chi connectivity index (χ3v) is 11.7. The molecule has 3 aliphatic rings. The van der Waals surface area contributed by atoms with E-state index in [0.29, 0.717) is 30.1 Å². The fourth-order valence-corrected chi connectivity index (χ4v) is 8.78. The molecule has 3 heteroatoms. The Kier molecular flexibility index (Phi) is 22.9. The molecular weight excluding hydrogens is 599 g/mol. The minimum atomic E-state index is -0.308. The molecule has 0 N–H and O–H groups in total. The summed E-state index contributed by atoms with van der Waals surface area (Å²) < 4.78 is 14.1. The van der Waals surface area contributed by atoms with E-state index in [1.165, 1.54) is 154 Å². The minimum absolute atomic E-state index is 0.308. The van der Waals surface area contributed by atoms with Gasteiger partial charge in [0.25, 0.3) is 0 Å². The lowest BCUT2D eigenvalue weighted by molar-refractivity contribution is -0.196. The van der Waals surface area contributed by atoms with Gasteiger partial charge in [0, 0.05) is 24.8 Å². The number of unbranched alkanes of at least 4 members (excludes halogenated alkanes) is 18. The lowest BCUT2D eigenvalue weighted by Gasteiger charge is -2.33. The average molecular weight is 680 g/mol. The van der Waals surface area contributed by atoms with Crippen molar-refractivity contribution in [1.29, 1.82) is 0 Å². The molecule has 0 aromatic carbocycles. The van der Waals surface area contributed by atoms with Crippen molar-refractivity contribution in [2.75, 3.05) is 14.1 Å². The monoisotopic (exact) mass is 680 g/mol. The molecule has 2 unspecified atom stereocenters. The van der Waals surface area contributed by atoms with Crippen LogP contribution in [0, 0.1) is 11.8 Å². The summed E-state index contributed by atoms with van der Waals surface area (Å²) >= 11 is 0. The molecule has 1 heterocycles. The summed E-state index contributed by atoms with van der Waals surface area (Å²) in [6, 6.07) is 0.675. The van der Waals surface area contributed by atoms with Crippen molar-refractivity contribution >= 4 is 0 Å². The van der Waals surface area contributed by atoms with E-state index in [0.717, 1.165) is 25.7 Å². The Bertz CT molecular complexity index is 870. The molecule has 1 aliphatic heterocycles. The Morgan fingerprint density at radius 1 is 0.490 bits per heavy atom. The quantitative estimate of drug-likeness (QED) is 0.0538. The van der Waals surface area contributed by atoms with Crippen LogP contribution in [0.4, 0.5) is 0 Å². The second-order valence-corrected chi connectivity index (χ2v) is 16.2. The number of nitrogens with zero attached hydrogens (tertiary/aromatic N) is 1. The lowest BCUT2D eigenvalue weighted by Crippen LogP contribution is -2.43. The van der Waals surface area contributed by atoms with Gasteiger partial charge >= 0.3 is 0 Å². The zero-order chi connectivity index (χ0) is 34.8. The van der Waals surface area contributed by atoms with Gasteiger partial charge in [0.2, 0.25) is 0 Å². The van der Waals surface area contributed by atoms with Gasteiger partial charge in [-0.25, -0.2) is 0 Å². The van der Waals surface area contributed by atoms with Crippen LogP contribution >= 0.6 is 0 Å². The highest BCUT2D eigenvalue weighted by molar-refractivity contribution is 5.09. The Hall–Kier alpha value is -1.16. The van der Waals surface area contributed by atoms with E-state index in [-0.39, 0.29) is 5.79 Å². The van der Waals surface area contributed by atoms with Crippen molar-refractivity contribution < 1.29 is 9.47 Å². The topological polar surface area (TPSA) is 21.7 Å². The fraction of sp³-hybridized carbons (Fsp3) is 0.826. The van der Waals surface area contributed by atoms with E-state index in [1.807, 2.05) is 0 Å². The smallest absolute Gasteiger partial charge is 0.169 e. The Balaban J connectivity index is 1.27. The molecule has 0 radical (unpaired) electrons. The van der Waals surface area contributed by atoms with E-state index in [4.69, 9.17) is 9.47 Å².